The lowest BCUT2D eigenvalue weighted by Crippen LogP contribution is -2.25. The maximum atomic E-state index is 14.0. The van der Waals surface area contributed by atoms with E-state index in [1.54, 1.807) is 18.3 Å². The Bertz CT molecular complexity index is 545. The van der Waals surface area contributed by atoms with E-state index in [0.29, 0.717) is 17.0 Å². The van der Waals surface area contributed by atoms with Crippen molar-refractivity contribution >= 4 is 11.6 Å². The summed E-state index contributed by atoms with van der Waals surface area (Å²) in [4.78, 5) is 4.31. The largest absolute Gasteiger partial charge is 0.310 e. The highest BCUT2D eigenvalue weighted by molar-refractivity contribution is 6.30. The van der Waals surface area contributed by atoms with Gasteiger partial charge in [0.1, 0.15) is 5.82 Å². The number of nitrogens with zero attached hydrogens (tertiary/aromatic N) is 1. The van der Waals surface area contributed by atoms with Crippen LogP contribution in [0.15, 0.2) is 42.6 Å². The molecule has 0 saturated heterocycles. The van der Waals surface area contributed by atoms with E-state index in [-0.39, 0.29) is 11.9 Å². The van der Waals surface area contributed by atoms with Crippen LogP contribution in [0.2, 0.25) is 5.02 Å². The van der Waals surface area contributed by atoms with Crippen LogP contribution < -0.4 is 5.32 Å². The molecule has 0 radical (unpaired) electrons. The molecule has 0 aliphatic rings. The van der Waals surface area contributed by atoms with Crippen molar-refractivity contribution in [1.29, 1.82) is 0 Å². The lowest BCUT2D eigenvalue weighted by molar-refractivity contribution is 0.493. The first-order valence-corrected chi connectivity index (χ1v) is 7.16. The molecule has 106 valence electrons. The Hall–Kier alpha value is -1.45. The van der Waals surface area contributed by atoms with Gasteiger partial charge in [-0.25, -0.2) is 4.39 Å². The second-order valence-corrected chi connectivity index (χ2v) is 5.13. The van der Waals surface area contributed by atoms with Crippen LogP contribution in [-0.4, -0.2) is 11.5 Å². The fourth-order valence-corrected chi connectivity index (χ4v) is 2.30. The summed E-state index contributed by atoms with van der Waals surface area (Å²) in [6, 6.07) is 10.3. The van der Waals surface area contributed by atoms with Gasteiger partial charge < -0.3 is 5.32 Å². The minimum absolute atomic E-state index is 0.122. The van der Waals surface area contributed by atoms with Gasteiger partial charge in [-0.3, -0.25) is 4.98 Å². The van der Waals surface area contributed by atoms with Gasteiger partial charge >= 0.3 is 0 Å². The molecule has 2 nitrogen and oxygen atoms in total. The maximum Gasteiger partial charge on any atom is 0.128 e. The predicted octanol–water partition coefficient (Wildman–Crippen LogP) is 4.16. The number of nitrogens with one attached hydrogen (secondary N) is 1. The molecule has 0 aliphatic heterocycles. The number of rotatable bonds is 6. The topological polar surface area (TPSA) is 24.9 Å². The zero-order valence-electron chi connectivity index (χ0n) is 11.4. The summed E-state index contributed by atoms with van der Waals surface area (Å²) in [6.45, 7) is 2.91. The third kappa shape index (κ3) is 4.02. The van der Waals surface area contributed by atoms with E-state index in [9.17, 15) is 4.39 Å². The van der Waals surface area contributed by atoms with Crippen LogP contribution in [0, 0.1) is 5.82 Å². The van der Waals surface area contributed by atoms with Crippen LogP contribution in [0.4, 0.5) is 4.39 Å². The zero-order chi connectivity index (χ0) is 14.4. The van der Waals surface area contributed by atoms with Gasteiger partial charge in [-0.2, -0.15) is 0 Å². The Balaban J connectivity index is 2.24. The smallest absolute Gasteiger partial charge is 0.128 e. The summed E-state index contributed by atoms with van der Waals surface area (Å²) in [6.07, 6.45) is 3.37. The van der Waals surface area contributed by atoms with E-state index in [1.165, 1.54) is 6.07 Å². The van der Waals surface area contributed by atoms with Crippen LogP contribution in [0.3, 0.4) is 0 Å². The first-order valence-electron chi connectivity index (χ1n) is 6.79. The fourth-order valence-electron chi connectivity index (χ4n) is 2.12. The van der Waals surface area contributed by atoms with Crippen molar-refractivity contribution < 1.29 is 4.39 Å². The van der Waals surface area contributed by atoms with E-state index in [0.717, 1.165) is 18.7 Å². The zero-order valence-corrected chi connectivity index (χ0v) is 12.2. The highest BCUT2D eigenvalue weighted by Gasteiger charge is 2.16. The van der Waals surface area contributed by atoms with Gasteiger partial charge in [0.25, 0.3) is 0 Å². The van der Waals surface area contributed by atoms with E-state index < -0.39 is 0 Å². The van der Waals surface area contributed by atoms with Gasteiger partial charge in [0.15, 0.2) is 0 Å². The summed E-state index contributed by atoms with van der Waals surface area (Å²) in [7, 11) is 0. The molecule has 0 amide bonds. The number of hydrogen-bond donors (Lipinski definition) is 1. The van der Waals surface area contributed by atoms with Crippen LogP contribution in [-0.2, 0) is 6.42 Å². The number of pyridine rings is 1. The molecule has 4 heteroatoms. The van der Waals surface area contributed by atoms with Crippen LogP contribution in [0.5, 0.6) is 0 Å². The van der Waals surface area contributed by atoms with Crippen LogP contribution >= 0.6 is 11.6 Å². The molecule has 0 saturated carbocycles. The number of halogens is 2. The Labute approximate surface area is 124 Å². The van der Waals surface area contributed by atoms with Crippen molar-refractivity contribution in [3.8, 4) is 0 Å². The summed E-state index contributed by atoms with van der Waals surface area (Å²) in [5, 5.41) is 3.91. The molecule has 0 spiro atoms. The first-order chi connectivity index (χ1) is 9.70. The fraction of sp³-hybridized carbons (Fsp3) is 0.312. The summed E-state index contributed by atoms with van der Waals surface area (Å²) in [5.41, 5.74) is 1.53. The first kappa shape index (κ1) is 14.9. The third-order valence-electron chi connectivity index (χ3n) is 3.11. The van der Waals surface area contributed by atoms with Crippen molar-refractivity contribution in [2.75, 3.05) is 6.54 Å². The average Bonchev–Trinajstić information content (AvgIpc) is 2.47. The van der Waals surface area contributed by atoms with Crippen LogP contribution in [0.1, 0.15) is 30.6 Å². The number of benzene rings is 1. The van der Waals surface area contributed by atoms with Gasteiger partial charge in [-0.15, -0.1) is 0 Å². The molecular formula is C16H18ClFN2. The average molecular weight is 293 g/mol. The molecule has 1 unspecified atom stereocenters. The predicted molar refractivity (Wildman–Crippen MR) is 80.4 cm³/mol. The Morgan fingerprint density at radius 1 is 1.30 bits per heavy atom. The summed E-state index contributed by atoms with van der Waals surface area (Å²) >= 11 is 5.99. The molecule has 20 heavy (non-hydrogen) atoms. The lowest BCUT2D eigenvalue weighted by Gasteiger charge is -2.19. The second kappa shape index (κ2) is 7.36. The molecule has 0 bridgehead atoms. The molecule has 2 rings (SSSR count). The van der Waals surface area contributed by atoms with Crippen molar-refractivity contribution in [1.82, 2.24) is 10.3 Å². The molecular weight excluding hydrogens is 275 g/mol. The third-order valence-corrected chi connectivity index (χ3v) is 3.35. The van der Waals surface area contributed by atoms with Crippen molar-refractivity contribution in [2.24, 2.45) is 0 Å². The Morgan fingerprint density at radius 2 is 2.15 bits per heavy atom. The SMILES string of the molecule is CCCNC(Cc1ccccn1)c1cc(Cl)ccc1F. The maximum absolute atomic E-state index is 14.0. The summed E-state index contributed by atoms with van der Waals surface area (Å²) < 4.78 is 14.0. The number of aromatic nitrogens is 1. The van der Waals surface area contributed by atoms with Crippen molar-refractivity contribution in [3.05, 3.63) is 64.7 Å². The monoisotopic (exact) mass is 292 g/mol. The highest BCUT2D eigenvalue weighted by atomic mass is 35.5. The minimum Gasteiger partial charge on any atom is -0.310 e. The van der Waals surface area contributed by atoms with Crippen LogP contribution in [0.25, 0.3) is 0 Å². The Morgan fingerprint density at radius 3 is 2.85 bits per heavy atom. The van der Waals surface area contributed by atoms with Gasteiger partial charge in [-0.05, 0) is 43.3 Å². The molecule has 1 heterocycles. The second-order valence-electron chi connectivity index (χ2n) is 4.70. The van der Waals surface area contributed by atoms with Gasteiger partial charge in [0, 0.05) is 34.9 Å². The molecule has 2 aromatic rings. The molecule has 0 fully saturated rings. The Kier molecular flexibility index (Phi) is 5.50. The van der Waals surface area contributed by atoms with E-state index in [1.807, 2.05) is 18.2 Å². The minimum atomic E-state index is -0.237. The van der Waals surface area contributed by atoms with E-state index >= 15 is 0 Å². The molecule has 0 aliphatic carbocycles. The van der Waals surface area contributed by atoms with E-state index in [4.69, 9.17) is 11.6 Å². The van der Waals surface area contributed by atoms with Gasteiger partial charge in [0.2, 0.25) is 0 Å². The lowest BCUT2D eigenvalue weighted by atomic mass is 10.0. The highest BCUT2D eigenvalue weighted by Crippen LogP contribution is 2.24. The van der Waals surface area contributed by atoms with Crippen molar-refractivity contribution in [2.45, 2.75) is 25.8 Å². The van der Waals surface area contributed by atoms with Crippen molar-refractivity contribution in [3.63, 3.8) is 0 Å². The molecule has 1 atom stereocenters. The molecule has 1 aromatic heterocycles. The number of hydrogen-bond acceptors (Lipinski definition) is 2. The van der Waals surface area contributed by atoms with Gasteiger partial charge in [0.05, 0.1) is 0 Å². The molecule has 1 aromatic carbocycles. The quantitative estimate of drug-likeness (QED) is 0.865. The standard InChI is InChI=1S/C16H18ClFN2/c1-2-8-20-16(11-13-5-3-4-9-19-13)14-10-12(17)6-7-15(14)18/h3-7,9-10,16,20H,2,8,11H2,1H3. The normalized spacial score (nSPS) is 12.3. The van der Waals surface area contributed by atoms with Gasteiger partial charge in [-0.1, -0.05) is 24.6 Å². The summed E-state index contributed by atoms with van der Waals surface area (Å²) in [5.74, 6) is -0.237. The molecule has 1 N–H and O–H groups in total. The van der Waals surface area contributed by atoms with E-state index in [2.05, 4.69) is 17.2 Å².